The van der Waals surface area contributed by atoms with E-state index in [-0.39, 0.29) is 5.92 Å². The van der Waals surface area contributed by atoms with Crippen LogP contribution in [0.2, 0.25) is 0 Å². The van der Waals surface area contributed by atoms with E-state index in [2.05, 4.69) is 29.8 Å². The first kappa shape index (κ1) is 13.1. The van der Waals surface area contributed by atoms with Crippen LogP contribution in [0.4, 0.5) is 5.82 Å². The minimum atomic E-state index is -0.397. The number of nitrogens with one attached hydrogen (secondary N) is 1. The second-order valence-electron chi connectivity index (χ2n) is 5.57. The number of hydrogen-bond acceptors (Lipinski definition) is 6. The van der Waals surface area contributed by atoms with Crippen LogP contribution >= 0.6 is 0 Å². The van der Waals surface area contributed by atoms with Crippen molar-refractivity contribution >= 4 is 16.9 Å². The van der Waals surface area contributed by atoms with Gasteiger partial charge in [-0.05, 0) is 12.5 Å². The van der Waals surface area contributed by atoms with Gasteiger partial charge in [-0.1, -0.05) is 0 Å². The Morgan fingerprint density at radius 2 is 2.18 bits per heavy atom. The fourth-order valence-corrected chi connectivity index (χ4v) is 3.04. The van der Waals surface area contributed by atoms with Crippen molar-refractivity contribution in [1.82, 2.24) is 24.9 Å². The van der Waals surface area contributed by atoms with Gasteiger partial charge in [-0.15, -0.1) is 0 Å². The number of rotatable bonds is 3. The van der Waals surface area contributed by atoms with Gasteiger partial charge in [-0.2, -0.15) is 0 Å². The highest BCUT2D eigenvalue weighted by Gasteiger charge is 2.33. The highest BCUT2D eigenvalue weighted by atomic mass is 16.3. The van der Waals surface area contributed by atoms with Crippen LogP contribution in [0.25, 0.3) is 11.0 Å². The summed E-state index contributed by atoms with van der Waals surface area (Å²) >= 11 is 0. The number of β-amino-alcohol motifs (C(OH)–C–C–N with tert-alkyl or cyclic N) is 1. The second-order valence-corrected chi connectivity index (χ2v) is 5.57. The van der Waals surface area contributed by atoms with E-state index in [1.54, 1.807) is 24.9 Å². The van der Waals surface area contributed by atoms with Gasteiger partial charge in [0.2, 0.25) is 0 Å². The molecule has 0 saturated carbocycles. The maximum atomic E-state index is 10.4. The summed E-state index contributed by atoms with van der Waals surface area (Å²) in [6, 6.07) is 1.97. The molecule has 0 spiro atoms. The fraction of sp³-hybridized carbons (Fsp3) is 0.333. The van der Waals surface area contributed by atoms with Gasteiger partial charge in [0.1, 0.15) is 17.8 Å². The Labute approximate surface area is 127 Å². The third-order valence-electron chi connectivity index (χ3n) is 4.13. The van der Waals surface area contributed by atoms with Gasteiger partial charge in [0, 0.05) is 43.8 Å². The molecular weight excluding hydrogens is 280 g/mol. The lowest BCUT2D eigenvalue weighted by Crippen LogP contribution is -2.22. The van der Waals surface area contributed by atoms with Crippen molar-refractivity contribution in [1.29, 1.82) is 0 Å². The van der Waals surface area contributed by atoms with Crippen LogP contribution in [0, 0.1) is 5.92 Å². The molecule has 7 heteroatoms. The molecule has 0 amide bonds. The summed E-state index contributed by atoms with van der Waals surface area (Å²) in [5.41, 5.74) is 1.72. The maximum absolute atomic E-state index is 10.4. The van der Waals surface area contributed by atoms with E-state index >= 15 is 0 Å². The molecule has 0 aliphatic carbocycles. The van der Waals surface area contributed by atoms with Gasteiger partial charge in [0.25, 0.3) is 0 Å². The van der Waals surface area contributed by atoms with Crippen molar-refractivity contribution in [3.63, 3.8) is 0 Å². The Morgan fingerprint density at radius 1 is 1.23 bits per heavy atom. The number of aliphatic hydroxyl groups excluding tert-OH is 1. The average Bonchev–Trinajstić information content (AvgIpc) is 3.15. The van der Waals surface area contributed by atoms with Gasteiger partial charge < -0.3 is 15.0 Å². The normalized spacial score (nSPS) is 21.6. The van der Waals surface area contributed by atoms with Crippen LogP contribution < -0.4 is 4.90 Å². The molecule has 0 radical (unpaired) electrons. The monoisotopic (exact) mass is 296 g/mol. The van der Waals surface area contributed by atoms with Crippen LogP contribution in [0.5, 0.6) is 0 Å². The molecule has 22 heavy (non-hydrogen) atoms. The van der Waals surface area contributed by atoms with E-state index in [0.717, 1.165) is 29.1 Å². The third kappa shape index (κ3) is 2.29. The predicted molar refractivity (Wildman–Crippen MR) is 81.3 cm³/mol. The summed E-state index contributed by atoms with van der Waals surface area (Å²) in [7, 11) is 0. The molecule has 2 atom stereocenters. The van der Waals surface area contributed by atoms with E-state index in [1.807, 2.05) is 12.3 Å². The van der Waals surface area contributed by atoms with Crippen molar-refractivity contribution in [2.75, 3.05) is 18.0 Å². The largest absolute Gasteiger partial charge is 0.391 e. The zero-order valence-corrected chi connectivity index (χ0v) is 11.9. The van der Waals surface area contributed by atoms with Crippen molar-refractivity contribution in [3.8, 4) is 0 Å². The molecule has 3 aromatic heterocycles. The molecule has 4 rings (SSSR count). The summed E-state index contributed by atoms with van der Waals surface area (Å²) in [4.78, 5) is 22.2. The Balaban J connectivity index is 1.57. The molecule has 1 aliphatic rings. The summed E-state index contributed by atoms with van der Waals surface area (Å²) < 4.78 is 0. The standard InChI is InChI=1S/C15H16N6O/c22-13-8-21(7-10(13)5-11-6-16-3-4-17-11)15-12-1-2-18-14(12)19-9-20-15/h1-4,6,9-10,13,22H,5,7-8H2,(H,18,19,20)/t10-,13-/m1/s1. The lowest BCUT2D eigenvalue weighted by Gasteiger charge is -2.17. The van der Waals surface area contributed by atoms with Crippen LogP contribution in [-0.2, 0) is 6.42 Å². The third-order valence-corrected chi connectivity index (χ3v) is 4.13. The van der Waals surface area contributed by atoms with Crippen molar-refractivity contribution in [2.24, 2.45) is 5.92 Å². The van der Waals surface area contributed by atoms with Gasteiger partial charge in [-0.3, -0.25) is 9.97 Å². The number of anilines is 1. The fourth-order valence-electron chi connectivity index (χ4n) is 3.04. The van der Waals surface area contributed by atoms with Gasteiger partial charge in [0.05, 0.1) is 17.2 Å². The summed E-state index contributed by atoms with van der Waals surface area (Å²) in [6.45, 7) is 1.32. The molecule has 7 nitrogen and oxygen atoms in total. The van der Waals surface area contributed by atoms with Crippen molar-refractivity contribution in [2.45, 2.75) is 12.5 Å². The molecule has 1 saturated heterocycles. The van der Waals surface area contributed by atoms with Gasteiger partial charge in [0.15, 0.2) is 0 Å². The zero-order valence-electron chi connectivity index (χ0n) is 11.9. The number of fused-ring (bicyclic) bond motifs is 1. The number of hydrogen-bond donors (Lipinski definition) is 2. The summed E-state index contributed by atoms with van der Waals surface area (Å²) in [5, 5.41) is 11.3. The van der Waals surface area contributed by atoms with Gasteiger partial charge in [-0.25, -0.2) is 9.97 Å². The highest BCUT2D eigenvalue weighted by Crippen LogP contribution is 2.29. The first-order chi connectivity index (χ1) is 10.8. The first-order valence-corrected chi connectivity index (χ1v) is 7.27. The topological polar surface area (TPSA) is 90.8 Å². The molecule has 2 N–H and O–H groups in total. The number of aromatic amines is 1. The smallest absolute Gasteiger partial charge is 0.142 e. The van der Waals surface area contributed by atoms with Gasteiger partial charge >= 0.3 is 0 Å². The van der Waals surface area contributed by atoms with Crippen LogP contribution in [0.1, 0.15) is 5.69 Å². The van der Waals surface area contributed by atoms with Crippen LogP contribution in [0.15, 0.2) is 37.2 Å². The molecule has 4 heterocycles. The lowest BCUT2D eigenvalue weighted by molar-refractivity contribution is 0.147. The van der Waals surface area contributed by atoms with E-state index in [0.29, 0.717) is 13.0 Å². The molecule has 112 valence electrons. The van der Waals surface area contributed by atoms with Crippen molar-refractivity contribution < 1.29 is 5.11 Å². The predicted octanol–water partition coefficient (Wildman–Crippen LogP) is 0.788. The number of aliphatic hydroxyl groups is 1. The van der Waals surface area contributed by atoms with E-state index in [9.17, 15) is 5.11 Å². The number of H-pyrrole nitrogens is 1. The average molecular weight is 296 g/mol. The minimum Gasteiger partial charge on any atom is -0.391 e. The van der Waals surface area contributed by atoms with Crippen molar-refractivity contribution in [3.05, 3.63) is 42.9 Å². The molecule has 3 aromatic rings. The Bertz CT molecular complexity index is 774. The molecular formula is C15H16N6O. The summed E-state index contributed by atoms with van der Waals surface area (Å²) in [5.74, 6) is 0.993. The van der Waals surface area contributed by atoms with Crippen LogP contribution in [-0.4, -0.2) is 49.2 Å². The highest BCUT2D eigenvalue weighted by molar-refractivity contribution is 5.87. The second kappa shape index (κ2) is 5.34. The van der Waals surface area contributed by atoms with E-state index < -0.39 is 6.10 Å². The zero-order chi connectivity index (χ0) is 14.9. The minimum absolute atomic E-state index is 0.126. The first-order valence-electron chi connectivity index (χ1n) is 7.27. The van der Waals surface area contributed by atoms with E-state index in [4.69, 9.17) is 0 Å². The maximum Gasteiger partial charge on any atom is 0.142 e. The molecule has 0 unspecified atom stereocenters. The quantitative estimate of drug-likeness (QED) is 0.742. The Kier molecular flexibility index (Phi) is 3.19. The molecule has 1 aliphatic heterocycles. The molecule has 0 bridgehead atoms. The van der Waals surface area contributed by atoms with Crippen LogP contribution in [0.3, 0.4) is 0 Å². The SMILES string of the molecule is O[C@@H]1CN(c2ncnc3[nH]ccc23)C[C@H]1Cc1cnccn1. The Morgan fingerprint density at radius 3 is 3.05 bits per heavy atom. The molecule has 1 fully saturated rings. The summed E-state index contributed by atoms with van der Waals surface area (Å²) in [6.07, 6.45) is 8.82. The number of nitrogens with zero attached hydrogens (tertiary/aromatic N) is 5. The lowest BCUT2D eigenvalue weighted by atomic mass is 10.0. The number of aromatic nitrogens is 5. The Hall–Kier alpha value is -2.54. The molecule has 0 aromatic carbocycles. The van der Waals surface area contributed by atoms with E-state index in [1.165, 1.54) is 0 Å².